The molecule has 1 aromatic rings. The number of hydrazine groups is 1. The first-order valence-corrected chi connectivity index (χ1v) is 6.21. The van der Waals surface area contributed by atoms with Crippen molar-refractivity contribution in [2.75, 3.05) is 0 Å². The van der Waals surface area contributed by atoms with Crippen LogP contribution in [0.15, 0.2) is 35.3 Å². The number of rotatable bonds is 7. The Labute approximate surface area is 126 Å². The number of hydrogen-bond acceptors (Lipinski definition) is 6. The largest absolute Gasteiger partial charge is 0.475 e. The van der Waals surface area contributed by atoms with E-state index in [1.165, 1.54) is 19.1 Å². The number of ketones is 2. The fraction of sp³-hybridized carbons (Fsp3) is 0.231. The summed E-state index contributed by atoms with van der Waals surface area (Å²) in [6.07, 6.45) is 0. The summed E-state index contributed by atoms with van der Waals surface area (Å²) in [6, 6.07) is 6.39. The first-order chi connectivity index (χ1) is 10.3. The van der Waals surface area contributed by atoms with Gasteiger partial charge >= 0.3 is 5.97 Å². The third-order valence-electron chi connectivity index (χ3n) is 3.14. The molecule has 0 aliphatic rings. The molecule has 9 heteroatoms. The van der Waals surface area contributed by atoms with Crippen molar-refractivity contribution in [3.63, 3.8) is 0 Å². The van der Waals surface area contributed by atoms with Crippen LogP contribution in [0.25, 0.3) is 0 Å². The number of hydrogen-bond donors (Lipinski definition) is 5. The highest BCUT2D eigenvalue weighted by Crippen LogP contribution is 2.21. The van der Waals surface area contributed by atoms with E-state index in [0.29, 0.717) is 0 Å². The Balaban J connectivity index is 3.50. The van der Waals surface area contributed by atoms with E-state index in [2.05, 4.69) is 4.99 Å². The number of guanidine groups is 1. The van der Waals surface area contributed by atoms with Crippen LogP contribution in [0.1, 0.15) is 17.3 Å². The Morgan fingerprint density at radius 3 is 2.18 bits per heavy atom. The molecular formula is C13H17N5O4. The van der Waals surface area contributed by atoms with Crippen LogP contribution in [-0.2, 0) is 9.59 Å². The standard InChI is InChI=1S/C13H17N5O4/c1-7(17-12(14)15)13(18-16,10(20)11(21)22)9(19)8-5-3-2-4-6-8/h2-7,18H,16H2,1H3,(H,21,22)(H4,14,15,17). The van der Waals surface area contributed by atoms with Gasteiger partial charge in [-0.25, -0.2) is 15.2 Å². The fourth-order valence-corrected chi connectivity index (χ4v) is 2.04. The number of benzene rings is 1. The van der Waals surface area contributed by atoms with Crippen LogP contribution in [0.5, 0.6) is 0 Å². The molecule has 0 radical (unpaired) electrons. The third kappa shape index (κ3) is 3.10. The molecule has 0 saturated heterocycles. The molecule has 0 aliphatic heterocycles. The van der Waals surface area contributed by atoms with Crippen molar-refractivity contribution in [2.45, 2.75) is 18.5 Å². The molecule has 118 valence electrons. The zero-order chi connectivity index (χ0) is 16.9. The Bertz CT molecular complexity index is 612. The highest BCUT2D eigenvalue weighted by Gasteiger charge is 2.53. The molecule has 0 heterocycles. The molecule has 1 rings (SSSR count). The van der Waals surface area contributed by atoms with Gasteiger partial charge in [0.1, 0.15) is 0 Å². The minimum absolute atomic E-state index is 0.0905. The molecule has 0 aromatic heterocycles. The average Bonchev–Trinajstić information content (AvgIpc) is 2.48. The van der Waals surface area contributed by atoms with Gasteiger partial charge in [-0.2, -0.15) is 0 Å². The molecule has 0 saturated carbocycles. The number of carboxylic acids is 1. The van der Waals surface area contributed by atoms with Gasteiger partial charge in [-0.15, -0.1) is 0 Å². The molecule has 0 amide bonds. The first-order valence-electron chi connectivity index (χ1n) is 6.21. The second-order valence-corrected chi connectivity index (χ2v) is 4.51. The number of carbonyl (C=O) groups is 3. The van der Waals surface area contributed by atoms with Crippen LogP contribution in [0.3, 0.4) is 0 Å². The van der Waals surface area contributed by atoms with Gasteiger partial charge in [-0.1, -0.05) is 30.3 Å². The van der Waals surface area contributed by atoms with E-state index in [1.54, 1.807) is 18.2 Å². The molecular weight excluding hydrogens is 290 g/mol. The summed E-state index contributed by atoms with van der Waals surface area (Å²) in [7, 11) is 0. The lowest BCUT2D eigenvalue weighted by Gasteiger charge is -2.32. The molecule has 2 atom stereocenters. The van der Waals surface area contributed by atoms with Crippen molar-refractivity contribution in [1.29, 1.82) is 0 Å². The SMILES string of the molecule is CC(N=C(N)N)C(NN)(C(=O)C(=O)O)C(=O)c1ccccc1. The fourth-order valence-electron chi connectivity index (χ4n) is 2.04. The summed E-state index contributed by atoms with van der Waals surface area (Å²) in [5, 5.41) is 9.02. The number of carbonyl (C=O) groups excluding carboxylic acids is 2. The molecule has 9 nitrogen and oxygen atoms in total. The third-order valence-corrected chi connectivity index (χ3v) is 3.14. The number of aliphatic carboxylic acids is 1. The lowest BCUT2D eigenvalue weighted by atomic mass is 9.80. The molecule has 0 spiro atoms. The lowest BCUT2D eigenvalue weighted by molar-refractivity contribution is -0.151. The van der Waals surface area contributed by atoms with Crippen molar-refractivity contribution in [3.05, 3.63) is 35.9 Å². The van der Waals surface area contributed by atoms with Gasteiger partial charge in [0.15, 0.2) is 17.3 Å². The lowest BCUT2D eigenvalue weighted by Crippen LogP contribution is -2.68. The maximum absolute atomic E-state index is 12.7. The molecule has 1 aromatic carbocycles. The minimum atomic E-state index is -2.32. The quantitative estimate of drug-likeness (QED) is 0.0760. The Morgan fingerprint density at radius 2 is 1.77 bits per heavy atom. The van der Waals surface area contributed by atoms with Gasteiger partial charge in [-0.3, -0.25) is 15.4 Å². The number of carboxylic acid groups (broad SMARTS) is 1. The summed E-state index contributed by atoms with van der Waals surface area (Å²) in [5.74, 6) is 0.807. The molecule has 0 bridgehead atoms. The van der Waals surface area contributed by atoms with E-state index in [1.807, 2.05) is 5.43 Å². The predicted octanol–water partition coefficient (Wildman–Crippen LogP) is -1.61. The normalized spacial score (nSPS) is 14.5. The number of aliphatic imine (C=N–C) groups is 1. The van der Waals surface area contributed by atoms with Crippen molar-refractivity contribution in [1.82, 2.24) is 5.43 Å². The second-order valence-electron chi connectivity index (χ2n) is 4.51. The molecule has 22 heavy (non-hydrogen) atoms. The monoisotopic (exact) mass is 307 g/mol. The zero-order valence-corrected chi connectivity index (χ0v) is 11.8. The highest BCUT2D eigenvalue weighted by molar-refractivity contribution is 6.43. The second kappa shape index (κ2) is 6.78. The first kappa shape index (κ1) is 17.3. The summed E-state index contributed by atoms with van der Waals surface area (Å²) in [5.41, 5.74) is 10.3. The minimum Gasteiger partial charge on any atom is -0.475 e. The topological polar surface area (TPSA) is 174 Å². The van der Waals surface area contributed by atoms with E-state index in [4.69, 9.17) is 22.4 Å². The molecule has 0 aliphatic carbocycles. The molecule has 0 fully saturated rings. The van der Waals surface area contributed by atoms with Crippen LogP contribution in [0.4, 0.5) is 0 Å². The van der Waals surface area contributed by atoms with Gasteiger partial charge < -0.3 is 16.6 Å². The van der Waals surface area contributed by atoms with Gasteiger partial charge in [0.2, 0.25) is 0 Å². The van der Waals surface area contributed by atoms with Crippen LogP contribution in [-0.4, -0.2) is 40.2 Å². The van der Waals surface area contributed by atoms with Crippen LogP contribution >= 0.6 is 0 Å². The van der Waals surface area contributed by atoms with Crippen LogP contribution in [0.2, 0.25) is 0 Å². The Morgan fingerprint density at radius 1 is 1.23 bits per heavy atom. The average molecular weight is 307 g/mol. The smallest absolute Gasteiger partial charge is 0.374 e. The van der Waals surface area contributed by atoms with Crippen molar-refractivity contribution >= 4 is 23.5 Å². The summed E-state index contributed by atoms with van der Waals surface area (Å²) < 4.78 is 0. The van der Waals surface area contributed by atoms with Gasteiger partial charge in [0.05, 0.1) is 6.04 Å². The van der Waals surface area contributed by atoms with Gasteiger partial charge in [0.25, 0.3) is 5.78 Å². The maximum atomic E-state index is 12.7. The number of Topliss-reactive ketones (excluding diaryl/α,β-unsaturated/α-hetero) is 2. The van der Waals surface area contributed by atoms with E-state index < -0.39 is 35.1 Å². The Kier molecular flexibility index (Phi) is 5.33. The van der Waals surface area contributed by atoms with Crippen LogP contribution < -0.4 is 22.7 Å². The maximum Gasteiger partial charge on any atom is 0.374 e. The van der Waals surface area contributed by atoms with Gasteiger partial charge in [0, 0.05) is 5.56 Å². The summed E-state index contributed by atoms with van der Waals surface area (Å²) >= 11 is 0. The van der Waals surface area contributed by atoms with Crippen molar-refractivity contribution < 1.29 is 19.5 Å². The molecule has 8 N–H and O–H groups in total. The number of nitrogens with two attached hydrogens (primary N) is 3. The van der Waals surface area contributed by atoms with Crippen LogP contribution in [0, 0.1) is 0 Å². The van der Waals surface area contributed by atoms with Gasteiger partial charge in [-0.05, 0) is 6.92 Å². The predicted molar refractivity (Wildman–Crippen MR) is 78.7 cm³/mol. The summed E-state index contributed by atoms with van der Waals surface area (Å²) in [4.78, 5) is 39.6. The number of nitrogens with zero attached hydrogens (tertiary/aromatic N) is 1. The van der Waals surface area contributed by atoms with Crippen molar-refractivity contribution in [3.8, 4) is 0 Å². The van der Waals surface area contributed by atoms with E-state index in [9.17, 15) is 14.4 Å². The highest BCUT2D eigenvalue weighted by atomic mass is 16.4. The zero-order valence-electron chi connectivity index (χ0n) is 11.8. The Hall–Kier alpha value is -2.78. The summed E-state index contributed by atoms with van der Waals surface area (Å²) in [6.45, 7) is 1.31. The van der Waals surface area contributed by atoms with E-state index in [-0.39, 0.29) is 5.56 Å². The van der Waals surface area contributed by atoms with Crippen molar-refractivity contribution in [2.24, 2.45) is 22.3 Å². The molecule has 2 unspecified atom stereocenters. The van der Waals surface area contributed by atoms with E-state index >= 15 is 0 Å². The van der Waals surface area contributed by atoms with E-state index in [0.717, 1.165) is 0 Å². The number of nitrogens with one attached hydrogen (secondary N) is 1.